The van der Waals surface area contributed by atoms with E-state index in [4.69, 9.17) is 0 Å². The molecule has 2 aromatic carbocycles. The first-order valence-electron chi connectivity index (χ1n) is 6.75. The Bertz CT molecular complexity index is 580. The molecule has 0 radical (unpaired) electrons. The molecule has 0 bridgehead atoms. The summed E-state index contributed by atoms with van der Waals surface area (Å²) in [6, 6.07) is 21.8. The monoisotopic (exact) mass is 232 g/mol. The van der Waals surface area contributed by atoms with Crippen LogP contribution in [0, 0.1) is 11.8 Å². The Labute approximate surface area is 108 Å². The van der Waals surface area contributed by atoms with Gasteiger partial charge in [0.1, 0.15) is 0 Å². The van der Waals surface area contributed by atoms with E-state index in [-0.39, 0.29) is 0 Å². The molecule has 0 saturated heterocycles. The molecule has 2 aliphatic carbocycles. The van der Waals surface area contributed by atoms with Crippen LogP contribution in [0.5, 0.6) is 0 Å². The van der Waals surface area contributed by atoms with Crippen LogP contribution in [0.25, 0.3) is 5.57 Å². The molecular weight excluding hydrogens is 216 g/mol. The van der Waals surface area contributed by atoms with E-state index in [9.17, 15) is 0 Å². The predicted octanol–water partition coefficient (Wildman–Crippen LogP) is 4.50. The maximum atomic E-state index is 2.45. The molecule has 18 heavy (non-hydrogen) atoms. The highest BCUT2D eigenvalue weighted by Gasteiger charge is 2.48. The van der Waals surface area contributed by atoms with Gasteiger partial charge in [-0.2, -0.15) is 0 Å². The zero-order chi connectivity index (χ0) is 11.9. The molecular formula is C18H16. The lowest BCUT2D eigenvalue weighted by Gasteiger charge is -2.01. The first-order valence-corrected chi connectivity index (χ1v) is 6.75. The lowest BCUT2D eigenvalue weighted by atomic mass is 10.0. The van der Waals surface area contributed by atoms with Crippen molar-refractivity contribution in [2.45, 2.75) is 12.3 Å². The van der Waals surface area contributed by atoms with Crippen molar-refractivity contribution >= 4 is 5.57 Å². The molecule has 3 atom stereocenters. The van der Waals surface area contributed by atoms with Gasteiger partial charge in [0.25, 0.3) is 0 Å². The van der Waals surface area contributed by atoms with Crippen molar-refractivity contribution in [3.63, 3.8) is 0 Å². The first-order chi connectivity index (χ1) is 8.93. The van der Waals surface area contributed by atoms with Crippen LogP contribution >= 0.6 is 0 Å². The molecule has 0 aromatic heterocycles. The van der Waals surface area contributed by atoms with Gasteiger partial charge in [0, 0.05) is 5.92 Å². The quantitative estimate of drug-likeness (QED) is 0.730. The van der Waals surface area contributed by atoms with Gasteiger partial charge >= 0.3 is 0 Å². The van der Waals surface area contributed by atoms with E-state index in [1.165, 1.54) is 17.5 Å². The maximum Gasteiger partial charge on any atom is 0.00615 e. The number of benzene rings is 2. The molecule has 0 nitrogen and oxygen atoms in total. The fourth-order valence-corrected chi connectivity index (χ4v) is 3.11. The lowest BCUT2D eigenvalue weighted by Crippen LogP contribution is -1.89. The summed E-state index contributed by atoms with van der Waals surface area (Å²) in [5.41, 5.74) is 4.51. The number of hydrogen-bond donors (Lipinski definition) is 0. The SMILES string of the molecule is C1=C(c2ccccc2)C1[C@@H]1C[C@H]1c1ccccc1. The lowest BCUT2D eigenvalue weighted by molar-refractivity contribution is 0.750. The highest BCUT2D eigenvalue weighted by atomic mass is 14.5. The Morgan fingerprint density at radius 3 is 2.17 bits per heavy atom. The van der Waals surface area contributed by atoms with Crippen molar-refractivity contribution in [2.75, 3.05) is 0 Å². The highest BCUT2D eigenvalue weighted by Crippen LogP contribution is 2.60. The highest BCUT2D eigenvalue weighted by molar-refractivity contribution is 5.81. The Kier molecular flexibility index (Phi) is 2.16. The van der Waals surface area contributed by atoms with Gasteiger partial charge in [-0.3, -0.25) is 0 Å². The third kappa shape index (κ3) is 1.69. The standard InChI is InChI=1S/C18H16/c1-3-7-13(8-4-1)15-11-17(15)18-12-16(18)14-9-5-2-6-10-14/h1-11,16-18H,12H2/t16-,17?,18+/m0/s1. The summed E-state index contributed by atoms with van der Waals surface area (Å²) < 4.78 is 0. The zero-order valence-electron chi connectivity index (χ0n) is 10.3. The number of rotatable bonds is 3. The van der Waals surface area contributed by atoms with Crippen LogP contribution in [0.3, 0.4) is 0 Å². The molecule has 0 heterocycles. The first kappa shape index (κ1) is 10.1. The fourth-order valence-electron chi connectivity index (χ4n) is 3.11. The predicted molar refractivity (Wildman–Crippen MR) is 75.2 cm³/mol. The van der Waals surface area contributed by atoms with Gasteiger partial charge in [0.15, 0.2) is 0 Å². The summed E-state index contributed by atoms with van der Waals surface area (Å²) >= 11 is 0. The van der Waals surface area contributed by atoms with Gasteiger partial charge in [-0.1, -0.05) is 66.7 Å². The Morgan fingerprint density at radius 2 is 1.44 bits per heavy atom. The van der Waals surface area contributed by atoms with Crippen molar-refractivity contribution in [2.24, 2.45) is 11.8 Å². The molecule has 0 spiro atoms. The van der Waals surface area contributed by atoms with Crippen LogP contribution in [0.4, 0.5) is 0 Å². The summed E-state index contributed by atoms with van der Waals surface area (Å²) in [4.78, 5) is 0. The summed E-state index contributed by atoms with van der Waals surface area (Å²) in [6.07, 6.45) is 3.81. The normalized spacial score (nSPS) is 28.7. The third-order valence-corrected chi connectivity index (χ3v) is 4.25. The smallest absolute Gasteiger partial charge is 0.00615 e. The van der Waals surface area contributed by atoms with E-state index in [0.717, 1.165) is 17.8 Å². The van der Waals surface area contributed by atoms with Gasteiger partial charge in [-0.15, -0.1) is 0 Å². The van der Waals surface area contributed by atoms with Gasteiger partial charge in [0.2, 0.25) is 0 Å². The van der Waals surface area contributed by atoms with Crippen LogP contribution in [0.2, 0.25) is 0 Å². The van der Waals surface area contributed by atoms with E-state index in [1.807, 2.05) is 0 Å². The van der Waals surface area contributed by atoms with Crippen molar-refractivity contribution in [3.05, 3.63) is 77.9 Å². The minimum atomic E-state index is 0.748. The second-order valence-corrected chi connectivity index (χ2v) is 5.43. The maximum absolute atomic E-state index is 2.45. The largest absolute Gasteiger partial charge is 0.0723 e. The average Bonchev–Trinajstić information content (AvgIpc) is 3.32. The average molecular weight is 232 g/mol. The van der Waals surface area contributed by atoms with Gasteiger partial charge in [-0.05, 0) is 35.0 Å². The van der Waals surface area contributed by atoms with Crippen molar-refractivity contribution in [1.29, 1.82) is 0 Å². The molecule has 0 amide bonds. The zero-order valence-corrected chi connectivity index (χ0v) is 10.3. The van der Waals surface area contributed by atoms with Crippen LogP contribution < -0.4 is 0 Å². The molecule has 1 fully saturated rings. The van der Waals surface area contributed by atoms with E-state index >= 15 is 0 Å². The molecule has 0 N–H and O–H groups in total. The van der Waals surface area contributed by atoms with E-state index in [2.05, 4.69) is 66.7 Å². The van der Waals surface area contributed by atoms with Crippen molar-refractivity contribution in [1.82, 2.24) is 0 Å². The third-order valence-electron chi connectivity index (χ3n) is 4.25. The van der Waals surface area contributed by atoms with E-state index in [1.54, 1.807) is 5.57 Å². The van der Waals surface area contributed by atoms with Gasteiger partial charge in [0.05, 0.1) is 0 Å². The summed E-state index contributed by atoms with van der Waals surface area (Å²) in [5.74, 6) is 2.41. The minimum absolute atomic E-state index is 0.748. The summed E-state index contributed by atoms with van der Waals surface area (Å²) in [6.45, 7) is 0. The molecule has 0 aliphatic heterocycles. The van der Waals surface area contributed by atoms with Crippen LogP contribution in [0.15, 0.2) is 66.7 Å². The van der Waals surface area contributed by atoms with Crippen molar-refractivity contribution in [3.8, 4) is 0 Å². The van der Waals surface area contributed by atoms with Crippen LogP contribution in [-0.2, 0) is 0 Å². The van der Waals surface area contributed by atoms with Gasteiger partial charge < -0.3 is 0 Å². The molecule has 0 heteroatoms. The summed E-state index contributed by atoms with van der Waals surface area (Å²) in [5, 5.41) is 0. The van der Waals surface area contributed by atoms with Crippen LogP contribution in [-0.4, -0.2) is 0 Å². The number of allylic oxidation sites excluding steroid dienone is 2. The Morgan fingerprint density at radius 1 is 0.778 bits per heavy atom. The second kappa shape index (κ2) is 3.84. The fraction of sp³-hybridized carbons (Fsp3) is 0.222. The molecule has 2 aliphatic rings. The van der Waals surface area contributed by atoms with Gasteiger partial charge in [-0.25, -0.2) is 0 Å². The molecule has 1 saturated carbocycles. The summed E-state index contributed by atoms with van der Waals surface area (Å²) in [7, 11) is 0. The van der Waals surface area contributed by atoms with Crippen molar-refractivity contribution < 1.29 is 0 Å². The van der Waals surface area contributed by atoms with E-state index < -0.39 is 0 Å². The Balaban J connectivity index is 1.45. The molecule has 1 unspecified atom stereocenters. The Hall–Kier alpha value is -1.82. The molecule has 4 rings (SSSR count). The number of hydrogen-bond acceptors (Lipinski definition) is 0. The van der Waals surface area contributed by atoms with E-state index in [0.29, 0.717) is 0 Å². The second-order valence-electron chi connectivity index (χ2n) is 5.43. The molecule has 2 aromatic rings. The van der Waals surface area contributed by atoms with Crippen LogP contribution in [0.1, 0.15) is 23.5 Å². The molecule has 88 valence electrons. The topological polar surface area (TPSA) is 0 Å². The minimum Gasteiger partial charge on any atom is -0.0723 e.